The first-order valence-corrected chi connectivity index (χ1v) is 9.13. The zero-order valence-electron chi connectivity index (χ0n) is 16.3. The number of methoxy groups -OCH3 is 2. The van der Waals surface area contributed by atoms with Crippen LogP contribution in [0.15, 0.2) is 48.5 Å². The zero-order valence-corrected chi connectivity index (χ0v) is 16.3. The summed E-state index contributed by atoms with van der Waals surface area (Å²) >= 11 is 0. The molecule has 0 aliphatic carbocycles. The summed E-state index contributed by atoms with van der Waals surface area (Å²) in [5.41, 5.74) is 1.87. The van der Waals surface area contributed by atoms with E-state index in [9.17, 15) is 4.79 Å². The van der Waals surface area contributed by atoms with Gasteiger partial charge in [0.05, 0.1) is 30.7 Å². The van der Waals surface area contributed by atoms with E-state index >= 15 is 0 Å². The van der Waals surface area contributed by atoms with E-state index in [2.05, 4.69) is 9.88 Å². The Bertz CT molecular complexity index is 938. The molecule has 1 amide bonds. The third-order valence-corrected chi connectivity index (χ3v) is 4.37. The van der Waals surface area contributed by atoms with Crippen LogP contribution in [0, 0.1) is 0 Å². The van der Waals surface area contributed by atoms with Crippen LogP contribution in [0.5, 0.6) is 11.5 Å². The fourth-order valence-corrected chi connectivity index (χ4v) is 3.12. The molecule has 0 fully saturated rings. The Morgan fingerprint density at radius 3 is 2.57 bits per heavy atom. The average Bonchev–Trinajstić information content (AvgIpc) is 3.07. The fourth-order valence-electron chi connectivity index (χ4n) is 3.12. The smallest absolute Gasteiger partial charge is 0.246 e. The molecule has 0 bridgehead atoms. The van der Waals surface area contributed by atoms with Gasteiger partial charge in [-0.05, 0) is 31.2 Å². The van der Waals surface area contributed by atoms with Crippen LogP contribution < -0.4 is 14.8 Å². The van der Waals surface area contributed by atoms with E-state index < -0.39 is 0 Å². The number of nitrogens with one attached hydrogen (secondary N) is 1. The third kappa shape index (κ3) is 4.43. The number of aromatic nitrogens is 2. The van der Waals surface area contributed by atoms with E-state index in [4.69, 9.17) is 19.2 Å². The SMILES string of the molecule is COCC(=O)NC(C)c1nc2ccccc2n1CCOc1ccccc1OC. The zero-order chi connectivity index (χ0) is 19.9. The lowest BCUT2D eigenvalue weighted by Crippen LogP contribution is -2.31. The number of hydrogen-bond donors (Lipinski definition) is 1. The first-order chi connectivity index (χ1) is 13.6. The van der Waals surface area contributed by atoms with Crippen molar-refractivity contribution < 1.29 is 19.0 Å². The second-order valence-electron chi connectivity index (χ2n) is 6.33. The van der Waals surface area contributed by atoms with Crippen molar-refractivity contribution in [3.05, 3.63) is 54.4 Å². The molecule has 0 radical (unpaired) electrons. The number of rotatable bonds is 9. The molecule has 0 aliphatic rings. The van der Waals surface area contributed by atoms with Gasteiger partial charge in [0.2, 0.25) is 5.91 Å². The molecule has 28 heavy (non-hydrogen) atoms. The Balaban J connectivity index is 1.79. The number of carbonyl (C=O) groups excluding carboxylic acids is 1. The average molecular weight is 383 g/mol. The van der Waals surface area contributed by atoms with Crippen LogP contribution >= 0.6 is 0 Å². The van der Waals surface area contributed by atoms with Gasteiger partial charge in [0.1, 0.15) is 19.0 Å². The minimum atomic E-state index is -0.263. The molecule has 0 saturated heterocycles. The highest BCUT2D eigenvalue weighted by Gasteiger charge is 2.18. The quantitative estimate of drug-likeness (QED) is 0.615. The maximum Gasteiger partial charge on any atom is 0.246 e. The number of carbonyl (C=O) groups is 1. The van der Waals surface area contributed by atoms with E-state index in [0.717, 1.165) is 16.9 Å². The molecule has 3 rings (SSSR count). The molecule has 7 nitrogen and oxygen atoms in total. The molecular weight excluding hydrogens is 358 g/mol. The van der Waals surface area contributed by atoms with Gasteiger partial charge < -0.3 is 24.1 Å². The predicted octanol–water partition coefficient (Wildman–Crippen LogP) is 2.95. The summed E-state index contributed by atoms with van der Waals surface area (Å²) in [4.78, 5) is 16.6. The number of benzene rings is 2. The van der Waals surface area contributed by atoms with Gasteiger partial charge in [0.25, 0.3) is 0 Å². The highest BCUT2D eigenvalue weighted by molar-refractivity contribution is 5.78. The van der Waals surface area contributed by atoms with Gasteiger partial charge in [-0.1, -0.05) is 24.3 Å². The normalized spacial score (nSPS) is 12.0. The Hall–Kier alpha value is -3.06. The number of fused-ring (bicyclic) bond motifs is 1. The Morgan fingerprint density at radius 1 is 1.11 bits per heavy atom. The minimum absolute atomic E-state index is 0.0154. The van der Waals surface area contributed by atoms with Crippen LogP contribution in [0.3, 0.4) is 0 Å². The summed E-state index contributed by atoms with van der Waals surface area (Å²) in [6.07, 6.45) is 0. The lowest BCUT2D eigenvalue weighted by Gasteiger charge is -2.17. The van der Waals surface area contributed by atoms with Gasteiger partial charge in [-0.15, -0.1) is 0 Å². The van der Waals surface area contributed by atoms with Gasteiger partial charge in [-0.25, -0.2) is 4.98 Å². The lowest BCUT2D eigenvalue weighted by atomic mass is 10.3. The molecule has 148 valence electrons. The van der Waals surface area contributed by atoms with Crippen molar-refractivity contribution in [3.63, 3.8) is 0 Å². The monoisotopic (exact) mass is 383 g/mol. The Morgan fingerprint density at radius 2 is 1.82 bits per heavy atom. The molecule has 7 heteroatoms. The summed E-state index contributed by atoms with van der Waals surface area (Å²) in [5.74, 6) is 1.98. The molecule has 0 saturated carbocycles. The van der Waals surface area contributed by atoms with Crippen molar-refractivity contribution in [1.29, 1.82) is 0 Å². The first-order valence-electron chi connectivity index (χ1n) is 9.13. The Kier molecular flexibility index (Phi) is 6.49. The van der Waals surface area contributed by atoms with Crippen molar-refractivity contribution in [1.82, 2.24) is 14.9 Å². The number of para-hydroxylation sites is 4. The van der Waals surface area contributed by atoms with Crippen molar-refractivity contribution in [3.8, 4) is 11.5 Å². The van der Waals surface area contributed by atoms with Gasteiger partial charge >= 0.3 is 0 Å². The van der Waals surface area contributed by atoms with E-state index in [1.165, 1.54) is 7.11 Å². The standard InChI is InChI=1S/C21H25N3O4/c1-15(22-20(25)14-26-2)21-23-16-8-4-5-9-17(16)24(21)12-13-28-19-11-7-6-10-18(19)27-3/h4-11,15H,12-14H2,1-3H3,(H,22,25). The summed E-state index contributed by atoms with van der Waals surface area (Å²) in [7, 11) is 3.11. The number of ether oxygens (including phenoxy) is 3. The van der Waals surface area contributed by atoms with E-state index in [1.807, 2.05) is 55.5 Å². The molecule has 3 aromatic rings. The maximum absolute atomic E-state index is 11.9. The summed E-state index contributed by atoms with van der Waals surface area (Å²) in [5, 5.41) is 2.92. The maximum atomic E-state index is 11.9. The van der Waals surface area contributed by atoms with Crippen LogP contribution in [0.1, 0.15) is 18.8 Å². The van der Waals surface area contributed by atoms with Crippen molar-refractivity contribution >= 4 is 16.9 Å². The molecule has 1 unspecified atom stereocenters. The van der Waals surface area contributed by atoms with Crippen molar-refractivity contribution in [2.24, 2.45) is 0 Å². The third-order valence-electron chi connectivity index (χ3n) is 4.37. The first kappa shape index (κ1) is 19.7. The van der Waals surface area contributed by atoms with Crippen LogP contribution in [0.2, 0.25) is 0 Å². The van der Waals surface area contributed by atoms with Crippen LogP contribution in [0.25, 0.3) is 11.0 Å². The number of nitrogens with zero attached hydrogens (tertiary/aromatic N) is 2. The van der Waals surface area contributed by atoms with Gasteiger partial charge in [-0.3, -0.25) is 4.79 Å². The topological polar surface area (TPSA) is 74.6 Å². The number of imidazole rings is 1. The van der Waals surface area contributed by atoms with E-state index in [1.54, 1.807) is 7.11 Å². The molecule has 2 aromatic carbocycles. The summed E-state index contributed by atoms with van der Waals surface area (Å²) < 4.78 is 18.2. The fraction of sp³-hybridized carbons (Fsp3) is 0.333. The second kappa shape index (κ2) is 9.23. The number of amides is 1. The summed E-state index contributed by atoms with van der Waals surface area (Å²) in [6, 6.07) is 15.2. The van der Waals surface area contributed by atoms with Crippen LogP contribution in [-0.4, -0.2) is 42.9 Å². The number of hydrogen-bond acceptors (Lipinski definition) is 5. The molecule has 1 N–H and O–H groups in total. The van der Waals surface area contributed by atoms with Gasteiger partial charge in [0, 0.05) is 7.11 Å². The largest absolute Gasteiger partial charge is 0.493 e. The molecule has 1 aromatic heterocycles. The van der Waals surface area contributed by atoms with Crippen molar-refractivity contribution in [2.45, 2.75) is 19.5 Å². The molecule has 1 heterocycles. The minimum Gasteiger partial charge on any atom is -0.493 e. The Labute approximate surface area is 164 Å². The second-order valence-corrected chi connectivity index (χ2v) is 6.33. The molecule has 1 atom stereocenters. The van der Waals surface area contributed by atoms with E-state index in [-0.39, 0.29) is 18.6 Å². The lowest BCUT2D eigenvalue weighted by molar-refractivity contribution is -0.125. The van der Waals surface area contributed by atoms with Gasteiger partial charge in [-0.2, -0.15) is 0 Å². The molecule has 0 aliphatic heterocycles. The molecule has 0 spiro atoms. The summed E-state index contributed by atoms with van der Waals surface area (Å²) in [6.45, 7) is 2.94. The van der Waals surface area contributed by atoms with Crippen LogP contribution in [0.4, 0.5) is 0 Å². The van der Waals surface area contributed by atoms with Crippen molar-refractivity contribution in [2.75, 3.05) is 27.4 Å². The highest BCUT2D eigenvalue weighted by atomic mass is 16.5. The van der Waals surface area contributed by atoms with Gasteiger partial charge in [0.15, 0.2) is 11.5 Å². The van der Waals surface area contributed by atoms with E-state index in [0.29, 0.717) is 24.7 Å². The molecular formula is C21H25N3O4. The predicted molar refractivity (Wildman–Crippen MR) is 107 cm³/mol. The van der Waals surface area contributed by atoms with Crippen LogP contribution in [-0.2, 0) is 16.1 Å². The highest BCUT2D eigenvalue weighted by Crippen LogP contribution is 2.26.